The predicted octanol–water partition coefficient (Wildman–Crippen LogP) is 0.646. The van der Waals surface area contributed by atoms with E-state index < -0.39 is 0 Å². The molecule has 2 N–H and O–H groups in total. The van der Waals surface area contributed by atoms with Gasteiger partial charge in [-0.2, -0.15) is 0 Å². The van der Waals surface area contributed by atoms with Crippen LogP contribution in [0.1, 0.15) is 18.9 Å². The molecule has 0 amide bonds. The van der Waals surface area contributed by atoms with Gasteiger partial charge in [0, 0.05) is 32.2 Å². The second-order valence-electron chi connectivity index (χ2n) is 4.44. The molecule has 0 aromatic carbocycles. The zero-order valence-electron chi connectivity index (χ0n) is 9.89. The van der Waals surface area contributed by atoms with Gasteiger partial charge in [-0.1, -0.05) is 11.3 Å². The summed E-state index contributed by atoms with van der Waals surface area (Å²) in [5, 5.41) is 9.48. The van der Waals surface area contributed by atoms with E-state index in [1.165, 1.54) is 11.3 Å². The van der Waals surface area contributed by atoms with E-state index in [0.717, 1.165) is 37.7 Å². The summed E-state index contributed by atoms with van der Waals surface area (Å²) in [5.74, 6) is 0. The fourth-order valence-corrected chi connectivity index (χ4v) is 2.61. The molecule has 1 aliphatic rings. The fraction of sp³-hybridized carbons (Fsp3) is 0.800. The minimum absolute atomic E-state index is 0.566. The van der Waals surface area contributed by atoms with Gasteiger partial charge in [-0.05, 0) is 13.8 Å². The predicted molar refractivity (Wildman–Crippen MR) is 66.3 cm³/mol. The first-order valence-corrected chi connectivity index (χ1v) is 6.51. The summed E-state index contributed by atoms with van der Waals surface area (Å²) >= 11 is 1.49. The number of nitrogen functional groups attached to an aromatic ring is 1. The van der Waals surface area contributed by atoms with Gasteiger partial charge in [0.05, 0.1) is 6.54 Å². The first-order chi connectivity index (χ1) is 7.65. The molecule has 1 aromatic heterocycles. The molecule has 6 heteroatoms. The van der Waals surface area contributed by atoms with E-state index in [9.17, 15) is 0 Å². The Kier molecular flexibility index (Phi) is 3.73. The lowest BCUT2D eigenvalue weighted by Crippen LogP contribution is -2.48. The van der Waals surface area contributed by atoms with Gasteiger partial charge in [0.15, 0.2) is 0 Å². The average Bonchev–Trinajstić information content (AvgIpc) is 2.65. The van der Waals surface area contributed by atoms with Crippen molar-refractivity contribution in [3.8, 4) is 0 Å². The normalized spacial score (nSPS) is 19.4. The summed E-state index contributed by atoms with van der Waals surface area (Å²) < 4.78 is 0. The average molecular weight is 241 g/mol. The van der Waals surface area contributed by atoms with Crippen LogP contribution in [0.15, 0.2) is 0 Å². The highest BCUT2D eigenvalue weighted by Crippen LogP contribution is 2.15. The monoisotopic (exact) mass is 241 g/mol. The number of nitrogens with zero attached hydrogens (tertiary/aromatic N) is 4. The van der Waals surface area contributed by atoms with Crippen molar-refractivity contribution in [1.82, 2.24) is 20.0 Å². The molecule has 1 fully saturated rings. The van der Waals surface area contributed by atoms with Crippen LogP contribution in [-0.4, -0.2) is 52.2 Å². The number of rotatable bonds is 3. The summed E-state index contributed by atoms with van der Waals surface area (Å²) in [6.07, 6.45) is 0. The highest BCUT2D eigenvalue weighted by Gasteiger charge is 2.19. The first-order valence-electron chi connectivity index (χ1n) is 5.69. The molecule has 0 unspecified atom stereocenters. The van der Waals surface area contributed by atoms with Crippen LogP contribution >= 0.6 is 11.3 Å². The Morgan fingerprint density at radius 3 is 2.44 bits per heavy atom. The topological polar surface area (TPSA) is 58.3 Å². The van der Waals surface area contributed by atoms with Crippen LogP contribution in [0, 0.1) is 0 Å². The molecule has 0 saturated carbocycles. The lowest BCUT2D eigenvalue weighted by molar-refractivity contribution is 0.104. The standard InChI is InChI=1S/C10H19N5S/c1-8(2)15-5-3-14(4-6-15)7-9-12-13-10(11)16-9/h8H,3-7H2,1-2H3,(H2,11,13). The largest absolute Gasteiger partial charge is 0.374 e. The Hall–Kier alpha value is -0.720. The fourth-order valence-electron chi connectivity index (χ4n) is 1.96. The van der Waals surface area contributed by atoms with Crippen molar-refractivity contribution >= 4 is 16.5 Å². The molecule has 2 heterocycles. The first kappa shape index (κ1) is 11.8. The molecule has 1 saturated heterocycles. The Morgan fingerprint density at radius 2 is 1.94 bits per heavy atom. The van der Waals surface area contributed by atoms with Crippen molar-refractivity contribution in [1.29, 1.82) is 0 Å². The van der Waals surface area contributed by atoms with E-state index in [1.807, 2.05) is 0 Å². The molecule has 0 spiro atoms. The smallest absolute Gasteiger partial charge is 0.203 e. The maximum atomic E-state index is 5.56. The van der Waals surface area contributed by atoms with Crippen LogP contribution in [-0.2, 0) is 6.54 Å². The van der Waals surface area contributed by atoms with Gasteiger partial charge in [-0.3, -0.25) is 9.80 Å². The Morgan fingerprint density at radius 1 is 1.25 bits per heavy atom. The van der Waals surface area contributed by atoms with Crippen molar-refractivity contribution in [2.75, 3.05) is 31.9 Å². The van der Waals surface area contributed by atoms with Gasteiger partial charge >= 0.3 is 0 Å². The Labute approximate surface area is 100 Å². The number of anilines is 1. The van der Waals surface area contributed by atoms with Crippen molar-refractivity contribution in [3.63, 3.8) is 0 Å². The van der Waals surface area contributed by atoms with Crippen LogP contribution < -0.4 is 5.73 Å². The van der Waals surface area contributed by atoms with Gasteiger partial charge in [-0.15, -0.1) is 10.2 Å². The highest BCUT2D eigenvalue weighted by atomic mass is 32.1. The molecule has 5 nitrogen and oxygen atoms in total. The molecule has 0 atom stereocenters. The quantitative estimate of drug-likeness (QED) is 0.842. The highest BCUT2D eigenvalue weighted by molar-refractivity contribution is 7.15. The molecule has 1 aliphatic heterocycles. The Bertz CT molecular complexity index is 330. The third-order valence-electron chi connectivity index (χ3n) is 2.98. The maximum absolute atomic E-state index is 5.56. The van der Waals surface area contributed by atoms with Crippen molar-refractivity contribution in [2.24, 2.45) is 0 Å². The minimum atomic E-state index is 0.566. The molecule has 1 aromatic rings. The van der Waals surface area contributed by atoms with Crippen LogP contribution in [0.3, 0.4) is 0 Å². The van der Waals surface area contributed by atoms with Crippen molar-refractivity contribution in [2.45, 2.75) is 26.4 Å². The van der Waals surface area contributed by atoms with Crippen LogP contribution in [0.4, 0.5) is 5.13 Å². The van der Waals surface area contributed by atoms with E-state index in [0.29, 0.717) is 11.2 Å². The van der Waals surface area contributed by atoms with E-state index in [4.69, 9.17) is 5.73 Å². The molecular weight excluding hydrogens is 222 g/mol. The zero-order valence-corrected chi connectivity index (χ0v) is 10.7. The summed E-state index contributed by atoms with van der Waals surface area (Å²) in [7, 11) is 0. The molecule has 16 heavy (non-hydrogen) atoms. The molecular formula is C10H19N5S. The van der Waals surface area contributed by atoms with Crippen LogP contribution in [0.25, 0.3) is 0 Å². The van der Waals surface area contributed by atoms with Crippen molar-refractivity contribution in [3.05, 3.63) is 5.01 Å². The number of hydrogen-bond donors (Lipinski definition) is 1. The third kappa shape index (κ3) is 2.90. The molecule has 0 radical (unpaired) electrons. The summed E-state index contributed by atoms with van der Waals surface area (Å²) in [6, 6.07) is 0.652. The summed E-state index contributed by atoms with van der Waals surface area (Å²) in [6.45, 7) is 9.90. The van der Waals surface area contributed by atoms with Gasteiger partial charge in [-0.25, -0.2) is 0 Å². The van der Waals surface area contributed by atoms with E-state index in [2.05, 4.69) is 33.8 Å². The third-order valence-corrected chi connectivity index (χ3v) is 3.72. The van der Waals surface area contributed by atoms with Crippen LogP contribution in [0.2, 0.25) is 0 Å². The summed E-state index contributed by atoms with van der Waals surface area (Å²) in [4.78, 5) is 4.92. The van der Waals surface area contributed by atoms with Gasteiger partial charge in [0.1, 0.15) is 5.01 Å². The van der Waals surface area contributed by atoms with Gasteiger partial charge in [0.25, 0.3) is 0 Å². The second kappa shape index (κ2) is 5.07. The minimum Gasteiger partial charge on any atom is -0.374 e. The van der Waals surface area contributed by atoms with E-state index in [-0.39, 0.29) is 0 Å². The number of piperazine rings is 1. The number of nitrogens with two attached hydrogens (primary N) is 1. The lowest BCUT2D eigenvalue weighted by atomic mass is 10.2. The SMILES string of the molecule is CC(C)N1CCN(Cc2nnc(N)s2)CC1. The Balaban J connectivity index is 1.81. The summed E-state index contributed by atoms with van der Waals surface area (Å²) in [5.41, 5.74) is 5.56. The number of hydrogen-bond acceptors (Lipinski definition) is 6. The molecule has 0 aliphatic carbocycles. The van der Waals surface area contributed by atoms with Gasteiger partial charge < -0.3 is 5.73 Å². The number of aromatic nitrogens is 2. The van der Waals surface area contributed by atoms with Gasteiger partial charge in [0.2, 0.25) is 5.13 Å². The van der Waals surface area contributed by atoms with E-state index >= 15 is 0 Å². The molecule has 2 rings (SSSR count). The molecule has 90 valence electrons. The second-order valence-corrected chi connectivity index (χ2v) is 5.53. The van der Waals surface area contributed by atoms with E-state index in [1.54, 1.807) is 0 Å². The molecule has 0 bridgehead atoms. The lowest BCUT2D eigenvalue weighted by Gasteiger charge is -2.36. The van der Waals surface area contributed by atoms with Crippen LogP contribution in [0.5, 0.6) is 0 Å². The van der Waals surface area contributed by atoms with Crippen molar-refractivity contribution < 1.29 is 0 Å². The zero-order chi connectivity index (χ0) is 11.5. The maximum Gasteiger partial charge on any atom is 0.203 e.